The van der Waals surface area contributed by atoms with Crippen LogP contribution in [0.5, 0.6) is 0 Å². The van der Waals surface area contributed by atoms with Crippen molar-refractivity contribution in [3.63, 3.8) is 0 Å². The molecule has 0 spiro atoms. The first-order valence-corrected chi connectivity index (χ1v) is 11.8. The summed E-state index contributed by atoms with van der Waals surface area (Å²) in [6.07, 6.45) is 6.24. The number of aromatic nitrogens is 1. The number of Topliss-reactive ketones (excluding diaryl/α,β-unsaturated/α-hetero) is 1. The van der Waals surface area contributed by atoms with Crippen LogP contribution >= 0.6 is 0 Å². The number of likely N-dealkylation sites (tertiary alicyclic amines) is 1. The molecule has 1 aliphatic heterocycles. The first-order valence-electron chi connectivity index (χ1n) is 11.8. The highest BCUT2D eigenvalue weighted by atomic mass is 16.1. The number of nitrogens with zero attached hydrogens (tertiary/aromatic N) is 1. The maximum absolute atomic E-state index is 13.4. The number of benzene rings is 2. The van der Waals surface area contributed by atoms with E-state index in [0.717, 1.165) is 23.1 Å². The molecule has 1 aromatic heterocycles. The number of carbonyl (C=O) groups is 1. The van der Waals surface area contributed by atoms with E-state index in [4.69, 9.17) is 0 Å². The standard InChI is InChI=1S/C28H36N2O/c1-18(2)23-9-6-10-24(28(23)19(3)4)27(31)15-20-11-12-26-25(14-20)21(17-29-26)16-22-8-7-13-30(22)5/h6,9-12,14,17-19,22,29H,7-8,13,15-16H2,1-5H3. The number of rotatable bonds is 7. The Kier molecular flexibility index (Phi) is 6.34. The summed E-state index contributed by atoms with van der Waals surface area (Å²) >= 11 is 0. The number of nitrogens with one attached hydrogen (secondary N) is 1. The Bertz CT molecular complexity index is 1080. The van der Waals surface area contributed by atoms with Gasteiger partial charge in [0.25, 0.3) is 0 Å². The molecule has 1 fully saturated rings. The molecular weight excluding hydrogens is 380 g/mol. The van der Waals surface area contributed by atoms with Crippen molar-refractivity contribution >= 4 is 16.7 Å². The van der Waals surface area contributed by atoms with Gasteiger partial charge in [-0.3, -0.25) is 4.79 Å². The summed E-state index contributed by atoms with van der Waals surface area (Å²) < 4.78 is 0. The lowest BCUT2D eigenvalue weighted by Gasteiger charge is -2.20. The van der Waals surface area contributed by atoms with Gasteiger partial charge >= 0.3 is 0 Å². The van der Waals surface area contributed by atoms with Crippen LogP contribution in [0.3, 0.4) is 0 Å². The number of fused-ring (bicyclic) bond motifs is 1. The van der Waals surface area contributed by atoms with Gasteiger partial charge in [-0.05, 0) is 79.1 Å². The number of hydrogen-bond donors (Lipinski definition) is 1. The fraction of sp³-hybridized carbons (Fsp3) is 0.464. The van der Waals surface area contributed by atoms with Gasteiger partial charge in [-0.1, -0.05) is 52.0 Å². The third kappa shape index (κ3) is 4.48. The molecule has 0 bridgehead atoms. The molecule has 3 heteroatoms. The molecule has 0 saturated carbocycles. The number of aromatic amines is 1. The second-order valence-corrected chi connectivity index (χ2v) is 9.89. The molecule has 4 rings (SSSR count). The Morgan fingerprint density at radius 1 is 1.13 bits per heavy atom. The van der Waals surface area contributed by atoms with Gasteiger partial charge in [0.15, 0.2) is 5.78 Å². The molecule has 0 aliphatic carbocycles. The smallest absolute Gasteiger partial charge is 0.167 e. The molecule has 1 N–H and O–H groups in total. The first-order chi connectivity index (χ1) is 14.8. The highest BCUT2D eigenvalue weighted by Gasteiger charge is 2.23. The van der Waals surface area contributed by atoms with Gasteiger partial charge in [0.2, 0.25) is 0 Å². The molecule has 1 saturated heterocycles. The summed E-state index contributed by atoms with van der Waals surface area (Å²) in [7, 11) is 2.23. The number of ketones is 1. The average molecular weight is 417 g/mol. The Morgan fingerprint density at radius 2 is 1.94 bits per heavy atom. The van der Waals surface area contributed by atoms with Gasteiger partial charge in [0, 0.05) is 35.1 Å². The molecule has 3 aromatic rings. The van der Waals surface area contributed by atoms with Crippen LogP contribution in [0.25, 0.3) is 10.9 Å². The quantitative estimate of drug-likeness (QED) is 0.448. The minimum absolute atomic E-state index is 0.221. The molecule has 31 heavy (non-hydrogen) atoms. The molecule has 0 amide bonds. The topological polar surface area (TPSA) is 36.1 Å². The van der Waals surface area contributed by atoms with Crippen molar-refractivity contribution in [2.24, 2.45) is 0 Å². The van der Waals surface area contributed by atoms with Crippen molar-refractivity contribution < 1.29 is 4.79 Å². The SMILES string of the molecule is CC(C)c1cccc(C(=O)Cc2ccc3[nH]cc(CC4CCCN4C)c3c2)c1C(C)C. The first kappa shape index (κ1) is 21.8. The van der Waals surface area contributed by atoms with Crippen LogP contribution in [-0.4, -0.2) is 35.3 Å². The van der Waals surface area contributed by atoms with Crippen molar-refractivity contribution in [2.45, 2.75) is 71.3 Å². The Morgan fingerprint density at radius 3 is 2.61 bits per heavy atom. The summed E-state index contributed by atoms with van der Waals surface area (Å²) in [6, 6.07) is 13.3. The minimum atomic E-state index is 0.221. The number of hydrogen-bond acceptors (Lipinski definition) is 2. The normalized spacial score (nSPS) is 17.3. The van der Waals surface area contributed by atoms with Gasteiger partial charge in [0.05, 0.1) is 0 Å². The van der Waals surface area contributed by atoms with Gasteiger partial charge in [-0.25, -0.2) is 0 Å². The largest absolute Gasteiger partial charge is 0.361 e. The summed E-state index contributed by atoms with van der Waals surface area (Å²) in [5, 5.41) is 1.27. The lowest BCUT2D eigenvalue weighted by molar-refractivity contribution is 0.0991. The van der Waals surface area contributed by atoms with Crippen LogP contribution in [0.2, 0.25) is 0 Å². The van der Waals surface area contributed by atoms with E-state index in [2.05, 4.69) is 75.1 Å². The lowest BCUT2D eigenvalue weighted by atomic mass is 9.84. The summed E-state index contributed by atoms with van der Waals surface area (Å²) in [6.45, 7) is 9.99. The van der Waals surface area contributed by atoms with Crippen LogP contribution in [0, 0.1) is 0 Å². The van der Waals surface area contributed by atoms with Gasteiger partial charge in [0.1, 0.15) is 0 Å². The van der Waals surface area contributed by atoms with Gasteiger partial charge in [-0.15, -0.1) is 0 Å². The van der Waals surface area contributed by atoms with E-state index in [1.54, 1.807) is 0 Å². The van der Waals surface area contributed by atoms with E-state index in [1.807, 2.05) is 12.1 Å². The zero-order chi connectivity index (χ0) is 22.1. The molecule has 2 heterocycles. The van der Waals surface area contributed by atoms with Gasteiger partial charge in [-0.2, -0.15) is 0 Å². The summed E-state index contributed by atoms with van der Waals surface area (Å²) in [5.41, 5.74) is 7.04. The van der Waals surface area contributed by atoms with Crippen LogP contribution < -0.4 is 0 Å². The van der Waals surface area contributed by atoms with E-state index < -0.39 is 0 Å². The van der Waals surface area contributed by atoms with E-state index in [9.17, 15) is 4.79 Å². The third-order valence-electron chi connectivity index (χ3n) is 6.96. The Hall–Kier alpha value is -2.39. The van der Waals surface area contributed by atoms with Crippen LogP contribution in [-0.2, 0) is 12.8 Å². The fourth-order valence-electron chi connectivity index (χ4n) is 5.25. The average Bonchev–Trinajstić information content (AvgIpc) is 3.33. The maximum Gasteiger partial charge on any atom is 0.167 e. The number of carbonyl (C=O) groups excluding carboxylic acids is 1. The van der Waals surface area contributed by atoms with E-state index in [0.29, 0.717) is 24.3 Å². The summed E-state index contributed by atoms with van der Waals surface area (Å²) in [5.74, 6) is 0.968. The molecular formula is C28H36N2O. The molecule has 1 atom stereocenters. The van der Waals surface area contributed by atoms with E-state index in [1.165, 1.54) is 41.5 Å². The second kappa shape index (κ2) is 9.00. The molecule has 0 radical (unpaired) electrons. The second-order valence-electron chi connectivity index (χ2n) is 9.89. The highest BCUT2D eigenvalue weighted by Crippen LogP contribution is 2.31. The molecule has 3 nitrogen and oxygen atoms in total. The van der Waals surface area contributed by atoms with Gasteiger partial charge < -0.3 is 9.88 Å². The fourth-order valence-corrected chi connectivity index (χ4v) is 5.25. The predicted molar refractivity (Wildman–Crippen MR) is 130 cm³/mol. The monoisotopic (exact) mass is 416 g/mol. The predicted octanol–water partition coefficient (Wildman–Crippen LogP) is 6.48. The zero-order valence-corrected chi connectivity index (χ0v) is 19.7. The highest BCUT2D eigenvalue weighted by molar-refractivity contribution is 6.00. The zero-order valence-electron chi connectivity index (χ0n) is 19.7. The van der Waals surface area contributed by atoms with Crippen molar-refractivity contribution in [1.29, 1.82) is 0 Å². The minimum Gasteiger partial charge on any atom is -0.361 e. The maximum atomic E-state index is 13.4. The number of likely N-dealkylation sites (N-methyl/N-ethyl adjacent to an activating group) is 1. The molecule has 1 aliphatic rings. The Balaban J connectivity index is 1.61. The molecule has 164 valence electrons. The van der Waals surface area contributed by atoms with Crippen LogP contribution in [0.1, 0.15) is 85.0 Å². The number of H-pyrrole nitrogens is 1. The molecule has 1 unspecified atom stereocenters. The summed E-state index contributed by atoms with van der Waals surface area (Å²) in [4.78, 5) is 19.3. The Labute approximate surface area is 186 Å². The van der Waals surface area contributed by atoms with Crippen molar-refractivity contribution in [2.75, 3.05) is 13.6 Å². The van der Waals surface area contributed by atoms with E-state index >= 15 is 0 Å². The van der Waals surface area contributed by atoms with Crippen LogP contribution in [0.15, 0.2) is 42.6 Å². The van der Waals surface area contributed by atoms with Crippen molar-refractivity contribution in [3.8, 4) is 0 Å². The van der Waals surface area contributed by atoms with E-state index in [-0.39, 0.29) is 5.78 Å². The van der Waals surface area contributed by atoms with Crippen LogP contribution in [0.4, 0.5) is 0 Å². The third-order valence-corrected chi connectivity index (χ3v) is 6.96. The van der Waals surface area contributed by atoms with Crippen molar-refractivity contribution in [1.82, 2.24) is 9.88 Å². The lowest BCUT2D eigenvalue weighted by Crippen LogP contribution is -2.26. The van der Waals surface area contributed by atoms with Crippen molar-refractivity contribution in [3.05, 3.63) is 70.4 Å². The molecule has 2 aromatic carbocycles.